The lowest BCUT2D eigenvalue weighted by Crippen LogP contribution is -2.46. The van der Waals surface area contributed by atoms with Gasteiger partial charge in [0.2, 0.25) is 0 Å². The average molecular weight is 172 g/mol. The van der Waals surface area contributed by atoms with Gasteiger partial charge in [-0.1, -0.05) is 19.8 Å². The number of unbranched alkanes of at least 4 members (excludes halogenated alkanes) is 2. The Bertz CT molecular complexity index is 108. The van der Waals surface area contributed by atoms with Gasteiger partial charge in [-0.2, -0.15) is 0 Å². The first-order valence-corrected chi connectivity index (χ1v) is 5.37. The molecule has 0 radical (unpaired) electrons. The molecular formula is C11H26N+. The van der Waals surface area contributed by atoms with E-state index in [1.54, 1.807) is 0 Å². The summed E-state index contributed by atoms with van der Waals surface area (Å²) in [4.78, 5) is 0. The quantitative estimate of drug-likeness (QED) is 0.427. The summed E-state index contributed by atoms with van der Waals surface area (Å²) < 4.78 is 1.17. The Kier molecular flexibility index (Phi) is 5.56. The van der Waals surface area contributed by atoms with Crippen LogP contribution in [0.3, 0.4) is 0 Å². The van der Waals surface area contributed by atoms with Gasteiger partial charge >= 0.3 is 0 Å². The third kappa shape index (κ3) is 4.10. The summed E-state index contributed by atoms with van der Waals surface area (Å²) in [5.74, 6) is 0. The van der Waals surface area contributed by atoms with Crippen molar-refractivity contribution in [3.05, 3.63) is 0 Å². The molecule has 0 amide bonds. The lowest BCUT2D eigenvalue weighted by molar-refractivity contribution is -0.911. The minimum atomic E-state index is 0.821. The van der Waals surface area contributed by atoms with Crippen LogP contribution in [-0.2, 0) is 0 Å². The molecule has 0 saturated heterocycles. The minimum absolute atomic E-state index is 0.821. The second-order valence-corrected chi connectivity index (χ2v) is 4.44. The van der Waals surface area contributed by atoms with Gasteiger partial charge in [0.25, 0.3) is 0 Å². The normalized spacial score (nSPS) is 14.8. The highest BCUT2D eigenvalue weighted by Gasteiger charge is 2.20. The molecule has 12 heavy (non-hydrogen) atoms. The summed E-state index contributed by atoms with van der Waals surface area (Å²) >= 11 is 0. The van der Waals surface area contributed by atoms with Crippen molar-refractivity contribution in [2.24, 2.45) is 0 Å². The van der Waals surface area contributed by atoms with Gasteiger partial charge in [-0.05, 0) is 26.7 Å². The summed E-state index contributed by atoms with van der Waals surface area (Å²) in [6.07, 6.45) is 5.52. The largest absolute Gasteiger partial charge is 0.327 e. The zero-order chi connectivity index (χ0) is 9.61. The Morgan fingerprint density at radius 3 is 2.08 bits per heavy atom. The van der Waals surface area contributed by atoms with E-state index in [4.69, 9.17) is 0 Å². The predicted octanol–water partition coefficient (Wildman–Crippen LogP) is 3.05. The van der Waals surface area contributed by atoms with Crippen molar-refractivity contribution >= 4 is 0 Å². The molecule has 0 spiro atoms. The first kappa shape index (κ1) is 12.0. The summed E-state index contributed by atoms with van der Waals surface area (Å²) in [6, 6.07) is 0.821. The molecular weight excluding hydrogens is 146 g/mol. The highest BCUT2D eigenvalue weighted by Crippen LogP contribution is 2.13. The van der Waals surface area contributed by atoms with Crippen LogP contribution in [-0.4, -0.2) is 31.2 Å². The van der Waals surface area contributed by atoms with E-state index in [9.17, 15) is 0 Å². The van der Waals surface area contributed by atoms with Crippen LogP contribution in [0, 0.1) is 0 Å². The summed E-state index contributed by atoms with van der Waals surface area (Å²) in [5.41, 5.74) is 0. The maximum Gasteiger partial charge on any atom is 0.0857 e. The molecule has 1 atom stereocenters. The van der Waals surface area contributed by atoms with E-state index in [-0.39, 0.29) is 0 Å². The number of hydrogen-bond acceptors (Lipinski definition) is 0. The van der Waals surface area contributed by atoms with Crippen LogP contribution in [0.25, 0.3) is 0 Å². The topological polar surface area (TPSA) is 0 Å². The predicted molar refractivity (Wildman–Crippen MR) is 56.3 cm³/mol. The van der Waals surface area contributed by atoms with E-state index in [1.807, 2.05) is 0 Å². The fourth-order valence-corrected chi connectivity index (χ4v) is 1.35. The molecule has 0 bridgehead atoms. The third-order valence-corrected chi connectivity index (χ3v) is 3.23. The van der Waals surface area contributed by atoms with E-state index in [2.05, 4.69) is 34.9 Å². The Morgan fingerprint density at radius 2 is 1.67 bits per heavy atom. The molecule has 0 aliphatic heterocycles. The Labute approximate surface area is 78.4 Å². The zero-order valence-corrected chi connectivity index (χ0v) is 9.56. The number of quaternary nitrogens is 1. The smallest absolute Gasteiger partial charge is 0.0857 e. The van der Waals surface area contributed by atoms with Crippen molar-refractivity contribution in [3.8, 4) is 0 Å². The molecule has 1 nitrogen and oxygen atoms in total. The average Bonchev–Trinajstić information content (AvgIpc) is 2.05. The fraction of sp³-hybridized carbons (Fsp3) is 1.00. The fourth-order valence-electron chi connectivity index (χ4n) is 1.35. The molecule has 0 rings (SSSR count). The van der Waals surface area contributed by atoms with Crippen molar-refractivity contribution < 1.29 is 4.48 Å². The van der Waals surface area contributed by atoms with Crippen molar-refractivity contribution in [2.45, 2.75) is 52.5 Å². The Morgan fingerprint density at radius 1 is 1.08 bits per heavy atom. The Balaban J connectivity index is 3.63. The number of hydrogen-bond donors (Lipinski definition) is 0. The maximum absolute atomic E-state index is 2.37. The minimum Gasteiger partial charge on any atom is -0.327 e. The highest BCUT2D eigenvalue weighted by molar-refractivity contribution is 4.51. The van der Waals surface area contributed by atoms with Gasteiger partial charge in [0.1, 0.15) is 0 Å². The van der Waals surface area contributed by atoms with Crippen LogP contribution in [0.4, 0.5) is 0 Å². The molecule has 1 heteroatoms. The molecule has 1 unspecified atom stereocenters. The number of nitrogens with zero attached hydrogens (tertiary/aromatic N) is 1. The second kappa shape index (κ2) is 5.58. The molecule has 0 fully saturated rings. The van der Waals surface area contributed by atoms with Gasteiger partial charge in [-0.15, -0.1) is 0 Å². The lowest BCUT2D eigenvalue weighted by Gasteiger charge is -2.35. The molecule has 0 aromatic rings. The van der Waals surface area contributed by atoms with Crippen LogP contribution in [0.5, 0.6) is 0 Å². The van der Waals surface area contributed by atoms with E-state index < -0.39 is 0 Å². The highest BCUT2D eigenvalue weighted by atomic mass is 15.3. The van der Waals surface area contributed by atoms with Gasteiger partial charge in [0, 0.05) is 0 Å². The SMILES string of the molecule is CCCCCC(C)[N+](C)(C)CC. The van der Waals surface area contributed by atoms with Crippen LogP contribution < -0.4 is 0 Å². The Hall–Kier alpha value is -0.0400. The molecule has 74 valence electrons. The number of rotatable bonds is 6. The van der Waals surface area contributed by atoms with E-state index in [0.717, 1.165) is 6.04 Å². The van der Waals surface area contributed by atoms with E-state index in [1.165, 1.54) is 36.7 Å². The van der Waals surface area contributed by atoms with Gasteiger partial charge < -0.3 is 4.48 Å². The first-order valence-electron chi connectivity index (χ1n) is 5.37. The van der Waals surface area contributed by atoms with Crippen molar-refractivity contribution in [1.29, 1.82) is 0 Å². The second-order valence-electron chi connectivity index (χ2n) is 4.44. The molecule has 0 saturated carbocycles. The van der Waals surface area contributed by atoms with Gasteiger partial charge in [0.15, 0.2) is 0 Å². The third-order valence-electron chi connectivity index (χ3n) is 3.23. The molecule has 0 N–H and O–H groups in total. The van der Waals surface area contributed by atoms with Crippen LogP contribution in [0.2, 0.25) is 0 Å². The molecule has 0 aromatic carbocycles. The lowest BCUT2D eigenvalue weighted by atomic mass is 10.1. The van der Waals surface area contributed by atoms with Crippen LogP contribution >= 0.6 is 0 Å². The zero-order valence-electron chi connectivity index (χ0n) is 9.56. The standard InChI is InChI=1S/C11H26N/c1-6-8-9-10-11(3)12(4,5)7-2/h11H,6-10H2,1-5H3/q+1. The molecule has 0 aromatic heterocycles. The summed E-state index contributed by atoms with van der Waals surface area (Å²) in [7, 11) is 4.66. The first-order chi connectivity index (χ1) is 5.54. The van der Waals surface area contributed by atoms with Gasteiger partial charge in [-0.3, -0.25) is 0 Å². The van der Waals surface area contributed by atoms with Crippen molar-refractivity contribution in [3.63, 3.8) is 0 Å². The van der Waals surface area contributed by atoms with Crippen molar-refractivity contribution in [1.82, 2.24) is 0 Å². The maximum atomic E-state index is 2.37. The molecule has 0 heterocycles. The molecule has 0 aliphatic rings. The molecule has 0 aliphatic carbocycles. The van der Waals surface area contributed by atoms with Crippen LogP contribution in [0.1, 0.15) is 46.5 Å². The summed E-state index contributed by atoms with van der Waals surface area (Å²) in [6.45, 7) is 8.16. The van der Waals surface area contributed by atoms with Crippen molar-refractivity contribution in [2.75, 3.05) is 20.6 Å². The van der Waals surface area contributed by atoms with E-state index in [0.29, 0.717) is 0 Å². The monoisotopic (exact) mass is 172 g/mol. The summed E-state index contributed by atoms with van der Waals surface area (Å²) in [5, 5.41) is 0. The van der Waals surface area contributed by atoms with E-state index >= 15 is 0 Å². The van der Waals surface area contributed by atoms with Gasteiger partial charge in [0.05, 0.1) is 26.7 Å². The van der Waals surface area contributed by atoms with Gasteiger partial charge in [-0.25, -0.2) is 0 Å². The van der Waals surface area contributed by atoms with Crippen LogP contribution in [0.15, 0.2) is 0 Å².